The molecule has 0 aliphatic rings. The molecule has 98 valence electrons. The lowest BCUT2D eigenvalue weighted by Gasteiger charge is -2.12. The summed E-state index contributed by atoms with van der Waals surface area (Å²) in [7, 11) is 0. The minimum absolute atomic E-state index is 0.226. The van der Waals surface area contributed by atoms with Crippen LogP contribution in [0.4, 0.5) is 18.9 Å². The summed E-state index contributed by atoms with van der Waals surface area (Å²) in [6.07, 6.45) is -0.747. The second kappa shape index (κ2) is 5.05. The average molecular weight is 267 g/mol. The zero-order valence-corrected chi connectivity index (χ0v) is 9.48. The summed E-state index contributed by atoms with van der Waals surface area (Å²) >= 11 is 0. The van der Waals surface area contributed by atoms with Crippen LogP contribution in [0.5, 0.6) is 0 Å². The Balaban J connectivity index is 2.30. The van der Waals surface area contributed by atoms with Crippen LogP contribution >= 0.6 is 0 Å². The summed E-state index contributed by atoms with van der Waals surface area (Å²) in [6, 6.07) is 4.56. The number of hydrogen-bond donors (Lipinski definition) is 1. The predicted molar refractivity (Wildman–Crippen MR) is 61.4 cm³/mol. The molecule has 4 nitrogen and oxygen atoms in total. The van der Waals surface area contributed by atoms with Crippen LogP contribution in [0.25, 0.3) is 0 Å². The van der Waals surface area contributed by atoms with Crippen LogP contribution in [0.2, 0.25) is 0 Å². The van der Waals surface area contributed by atoms with Gasteiger partial charge in [0.05, 0.1) is 29.2 Å². The zero-order valence-electron chi connectivity index (χ0n) is 9.48. The third kappa shape index (κ3) is 3.06. The number of nitrogens with zero attached hydrogens (tertiary/aromatic N) is 2. The lowest BCUT2D eigenvalue weighted by atomic mass is 10.1. The van der Waals surface area contributed by atoms with Gasteiger partial charge in [-0.15, -0.1) is 0 Å². The maximum atomic E-state index is 12.7. The number of amides is 1. The number of aromatic nitrogens is 2. The molecule has 0 aliphatic heterocycles. The van der Waals surface area contributed by atoms with Gasteiger partial charge in [-0.25, -0.2) is 9.97 Å². The Kier molecular flexibility index (Phi) is 3.46. The Hall–Kier alpha value is -2.44. The summed E-state index contributed by atoms with van der Waals surface area (Å²) in [5.74, 6) is -0.859. The normalized spacial score (nSPS) is 11.1. The lowest BCUT2D eigenvalue weighted by molar-refractivity contribution is -0.137. The zero-order chi connectivity index (χ0) is 13.9. The van der Waals surface area contributed by atoms with Crippen LogP contribution in [0.15, 0.2) is 43.0 Å². The van der Waals surface area contributed by atoms with Crippen LogP contribution in [0.3, 0.4) is 0 Å². The van der Waals surface area contributed by atoms with Crippen molar-refractivity contribution in [2.45, 2.75) is 6.18 Å². The Labute approximate surface area is 106 Å². The largest absolute Gasteiger partial charge is 0.417 e. The fourth-order valence-corrected chi connectivity index (χ4v) is 1.49. The number of rotatable bonds is 2. The van der Waals surface area contributed by atoms with Gasteiger partial charge in [0.25, 0.3) is 5.91 Å². The molecule has 0 atom stereocenters. The van der Waals surface area contributed by atoms with Gasteiger partial charge < -0.3 is 5.32 Å². The third-order valence-electron chi connectivity index (χ3n) is 2.30. The van der Waals surface area contributed by atoms with Gasteiger partial charge in [-0.05, 0) is 12.1 Å². The highest BCUT2D eigenvalue weighted by Gasteiger charge is 2.34. The van der Waals surface area contributed by atoms with Crippen LogP contribution in [0.1, 0.15) is 15.9 Å². The van der Waals surface area contributed by atoms with Crippen LogP contribution in [0, 0.1) is 0 Å². The maximum Gasteiger partial charge on any atom is 0.417 e. The molecule has 0 bridgehead atoms. The molecule has 1 N–H and O–H groups in total. The van der Waals surface area contributed by atoms with Gasteiger partial charge in [0.2, 0.25) is 0 Å². The summed E-state index contributed by atoms with van der Waals surface area (Å²) in [5.41, 5.74) is -1.20. The van der Waals surface area contributed by atoms with E-state index in [-0.39, 0.29) is 5.69 Å². The summed E-state index contributed by atoms with van der Waals surface area (Å²) in [5, 5.41) is 2.31. The van der Waals surface area contributed by atoms with E-state index in [1.165, 1.54) is 30.9 Å². The first-order valence-electron chi connectivity index (χ1n) is 5.21. The first-order valence-corrected chi connectivity index (χ1v) is 5.21. The summed E-state index contributed by atoms with van der Waals surface area (Å²) in [4.78, 5) is 19.1. The topological polar surface area (TPSA) is 54.9 Å². The molecular formula is C12H8F3N3O. The molecule has 19 heavy (non-hydrogen) atoms. The average Bonchev–Trinajstić information content (AvgIpc) is 2.39. The molecule has 0 aliphatic carbocycles. The first-order chi connectivity index (χ1) is 8.98. The molecule has 0 saturated heterocycles. The van der Waals surface area contributed by atoms with Crippen LogP contribution in [-0.2, 0) is 6.18 Å². The molecule has 7 heteroatoms. The fraction of sp³-hybridized carbons (Fsp3) is 0.0833. The summed E-state index contributed by atoms with van der Waals surface area (Å²) < 4.78 is 38.2. The van der Waals surface area contributed by atoms with Gasteiger partial charge in [0.15, 0.2) is 0 Å². The number of nitrogens with one attached hydrogen (secondary N) is 1. The van der Waals surface area contributed by atoms with E-state index in [4.69, 9.17) is 0 Å². The number of benzene rings is 1. The molecular weight excluding hydrogens is 259 g/mol. The molecule has 0 unspecified atom stereocenters. The molecule has 0 spiro atoms. The van der Waals surface area contributed by atoms with E-state index >= 15 is 0 Å². The van der Waals surface area contributed by atoms with Crippen molar-refractivity contribution in [3.63, 3.8) is 0 Å². The Bertz CT molecular complexity index is 584. The van der Waals surface area contributed by atoms with Gasteiger partial charge in [-0.1, -0.05) is 12.1 Å². The smallest absolute Gasteiger partial charge is 0.319 e. The van der Waals surface area contributed by atoms with Gasteiger partial charge in [-0.2, -0.15) is 13.2 Å². The second-order valence-electron chi connectivity index (χ2n) is 3.62. The van der Waals surface area contributed by atoms with Crippen molar-refractivity contribution in [1.29, 1.82) is 0 Å². The lowest BCUT2D eigenvalue weighted by Crippen LogP contribution is -2.18. The predicted octanol–water partition coefficient (Wildman–Crippen LogP) is 2.75. The van der Waals surface area contributed by atoms with E-state index in [0.29, 0.717) is 0 Å². The first kappa shape index (κ1) is 13.0. The summed E-state index contributed by atoms with van der Waals surface area (Å²) in [6.45, 7) is 0. The number of hydrogen-bond acceptors (Lipinski definition) is 3. The van der Waals surface area contributed by atoms with E-state index < -0.39 is 23.2 Å². The second-order valence-corrected chi connectivity index (χ2v) is 3.62. The maximum absolute atomic E-state index is 12.7. The van der Waals surface area contributed by atoms with Crippen molar-refractivity contribution < 1.29 is 18.0 Å². The van der Waals surface area contributed by atoms with E-state index in [1.54, 1.807) is 0 Å². The van der Waals surface area contributed by atoms with E-state index in [9.17, 15) is 18.0 Å². The third-order valence-corrected chi connectivity index (χ3v) is 2.30. The number of anilines is 1. The molecule has 0 fully saturated rings. The standard InChI is InChI=1S/C12H8F3N3O/c13-12(14,15)10-4-2-1-3-9(10)11(19)18-8-5-16-7-17-6-8/h1-7H,(H,18,19). The number of carbonyl (C=O) groups excluding carboxylic acids is 1. The SMILES string of the molecule is O=C(Nc1cncnc1)c1ccccc1C(F)(F)F. The molecule has 0 saturated carbocycles. The number of carbonyl (C=O) groups is 1. The Morgan fingerprint density at radius 3 is 2.37 bits per heavy atom. The highest BCUT2D eigenvalue weighted by molar-refractivity contribution is 6.05. The highest BCUT2D eigenvalue weighted by atomic mass is 19.4. The van der Waals surface area contributed by atoms with Crippen molar-refractivity contribution in [1.82, 2.24) is 9.97 Å². The molecule has 2 rings (SSSR count). The Morgan fingerprint density at radius 2 is 1.74 bits per heavy atom. The molecule has 1 aromatic carbocycles. The van der Waals surface area contributed by atoms with E-state index in [0.717, 1.165) is 12.1 Å². The number of alkyl halides is 3. The fourth-order valence-electron chi connectivity index (χ4n) is 1.49. The van der Waals surface area contributed by atoms with Crippen LogP contribution in [-0.4, -0.2) is 15.9 Å². The molecule has 1 heterocycles. The van der Waals surface area contributed by atoms with Gasteiger partial charge in [-0.3, -0.25) is 4.79 Å². The van der Waals surface area contributed by atoms with Crippen molar-refractivity contribution in [3.05, 3.63) is 54.1 Å². The van der Waals surface area contributed by atoms with Crippen molar-refractivity contribution in [3.8, 4) is 0 Å². The Morgan fingerprint density at radius 1 is 1.11 bits per heavy atom. The molecule has 0 radical (unpaired) electrons. The van der Waals surface area contributed by atoms with Crippen LogP contribution < -0.4 is 5.32 Å². The minimum atomic E-state index is -4.58. The van der Waals surface area contributed by atoms with E-state index in [2.05, 4.69) is 15.3 Å². The van der Waals surface area contributed by atoms with Gasteiger partial charge in [0.1, 0.15) is 6.33 Å². The van der Waals surface area contributed by atoms with Crippen molar-refractivity contribution >= 4 is 11.6 Å². The van der Waals surface area contributed by atoms with Crippen molar-refractivity contribution in [2.75, 3.05) is 5.32 Å². The highest BCUT2D eigenvalue weighted by Crippen LogP contribution is 2.32. The monoisotopic (exact) mass is 267 g/mol. The quantitative estimate of drug-likeness (QED) is 0.910. The minimum Gasteiger partial charge on any atom is -0.319 e. The van der Waals surface area contributed by atoms with Gasteiger partial charge in [0, 0.05) is 0 Å². The van der Waals surface area contributed by atoms with E-state index in [1.807, 2.05) is 0 Å². The number of halogens is 3. The van der Waals surface area contributed by atoms with Gasteiger partial charge >= 0.3 is 6.18 Å². The van der Waals surface area contributed by atoms with Crippen molar-refractivity contribution in [2.24, 2.45) is 0 Å². The molecule has 1 amide bonds. The molecule has 1 aromatic heterocycles. The molecule has 2 aromatic rings.